The van der Waals surface area contributed by atoms with Gasteiger partial charge in [0.25, 0.3) is 0 Å². The van der Waals surface area contributed by atoms with Crippen LogP contribution in [0.3, 0.4) is 0 Å². The van der Waals surface area contributed by atoms with Gasteiger partial charge in [-0.2, -0.15) is 0 Å². The molecule has 0 fully saturated rings. The minimum absolute atomic E-state index is 1.04. The number of unbranched alkanes of at least 4 members (excludes halogenated alkanes) is 4. The van der Waals surface area contributed by atoms with Crippen molar-refractivity contribution in [3.63, 3.8) is 0 Å². The molecule has 0 atom stereocenters. The predicted octanol–water partition coefficient (Wildman–Crippen LogP) is 25.5. The van der Waals surface area contributed by atoms with Gasteiger partial charge in [0.1, 0.15) is 0 Å². The van der Waals surface area contributed by atoms with Crippen LogP contribution in [0, 0.1) is 24.6 Å². The molecule has 12 rings (SSSR count). The molecule has 0 spiro atoms. The molecule has 0 saturated carbocycles. The summed E-state index contributed by atoms with van der Waals surface area (Å²) in [6.45, 7) is 19.4. The number of nitrogens with zero attached hydrogens (tertiary/aromatic N) is 5. The fourth-order valence-electron chi connectivity index (χ4n) is 13.0. The third-order valence-corrected chi connectivity index (χ3v) is 24.8. The van der Waals surface area contributed by atoms with Crippen molar-refractivity contribution >= 4 is 118 Å². The summed E-state index contributed by atoms with van der Waals surface area (Å²) in [6, 6.07) is 110. The molecule has 0 radical (unpaired) electrons. The Bertz CT molecular complexity index is 4410. The van der Waals surface area contributed by atoms with Crippen LogP contribution in [0.4, 0.5) is 79.6 Å². The molecule has 0 bridgehead atoms. The molecule has 0 unspecified atom stereocenters. The van der Waals surface area contributed by atoms with E-state index in [-0.39, 0.29) is 0 Å². The van der Waals surface area contributed by atoms with Gasteiger partial charge in [0.2, 0.25) is 0 Å². The molecule has 0 saturated heterocycles. The molecule has 0 aliphatic carbocycles. The van der Waals surface area contributed by atoms with E-state index >= 15 is 0 Å². The Balaban J connectivity index is 0.885. The van der Waals surface area contributed by atoms with E-state index in [9.17, 15) is 0 Å². The molecule has 99 heavy (non-hydrogen) atoms. The topological polar surface area (TPSA) is 16.2 Å². The van der Waals surface area contributed by atoms with Crippen molar-refractivity contribution in [3.8, 4) is 0 Å². The van der Waals surface area contributed by atoms with Crippen LogP contribution in [0.25, 0.3) is 0 Å². The summed E-state index contributed by atoms with van der Waals surface area (Å²) < 4.78 is 4.36. The molecule has 0 aliphatic rings. The van der Waals surface area contributed by atoms with E-state index in [2.05, 4.69) is 371 Å². The first-order chi connectivity index (χ1) is 48.6. The average molecular weight is 1410 g/mol. The average Bonchev–Trinajstić information content (AvgIpc) is 0.859. The van der Waals surface area contributed by atoms with Crippen molar-refractivity contribution < 1.29 is 0 Å². The molecular weight excluding hydrogens is 1310 g/mol. The molecular formula is C92H95BIN5. The van der Waals surface area contributed by atoms with Gasteiger partial charge in [-0.25, -0.2) is 0 Å². The zero-order valence-corrected chi connectivity index (χ0v) is 61.3. The minimum atomic E-state index is -1.96. The molecule has 0 aliphatic heterocycles. The standard InChI is InChI=1S/C92H95BIN5/c1-9-13-17-71-25-37-77(38-26-71)94(76-35-21-69(5)22-36-76)78-39-51-79(52-40-78)95(8)80-53-55-86(56-54-80)96(81-41-23-70(6)24-42-81)87-57-63-90(64-58-87)99(92-67-61-89(62-68-92)98(85-49-33-75(93-7)34-50-85)84-47-31-74(32-48-84)20-16-12-4)91-65-59-88(60-66-91)97(82-43-27-72(28-44-82)18-14-10-2)83-45-29-73(30-46-83)19-15-11-3/h21-68H,7,9-20H2,1-6,8H3. The summed E-state index contributed by atoms with van der Waals surface area (Å²) in [6.07, 6.45) is 13.9. The Morgan fingerprint density at radius 2 is 0.434 bits per heavy atom. The van der Waals surface area contributed by atoms with Gasteiger partial charge >= 0.3 is 426 Å². The van der Waals surface area contributed by atoms with Gasteiger partial charge in [0.05, 0.1) is 0 Å². The maximum atomic E-state index is 4.06. The Hall–Kier alpha value is -9.70. The van der Waals surface area contributed by atoms with E-state index in [1.54, 1.807) is 0 Å². The fourth-order valence-corrected chi connectivity index (χ4v) is 18.4. The second kappa shape index (κ2) is 33.7. The summed E-state index contributed by atoms with van der Waals surface area (Å²) in [5.74, 6) is 0. The zero-order valence-electron chi connectivity index (χ0n) is 59.1. The van der Waals surface area contributed by atoms with Crippen LogP contribution in [-0.4, -0.2) is 20.4 Å². The SMILES string of the molecule is C=Bc1ccc(N(c2ccc(CCCC)cc2)c2ccc(N(c3ccc(N(c4ccc(CCCC)cc4)c4ccc(CCCC)cc4)cc3)c3ccc(N(c4ccc(C)cc4)c4ccc(N(C)c5ccc(I(c6ccc(C)cc6)c6ccc(CCCC)cc6)cc5)cc4)cc3)cc2)cc1. The second-order valence-corrected chi connectivity index (χ2v) is 31.5. The Morgan fingerprint density at radius 3 is 0.687 bits per heavy atom. The van der Waals surface area contributed by atoms with Gasteiger partial charge in [0, 0.05) is 17.1 Å². The number of hydrogen-bond donors (Lipinski definition) is 0. The first-order valence-corrected chi connectivity index (χ1v) is 39.2. The van der Waals surface area contributed by atoms with Crippen molar-refractivity contribution in [2.75, 3.05) is 31.5 Å². The van der Waals surface area contributed by atoms with E-state index in [0.717, 1.165) is 111 Å². The van der Waals surface area contributed by atoms with Crippen LogP contribution in [-0.2, 0) is 25.7 Å². The normalized spacial score (nSPS) is 11.2. The summed E-state index contributed by atoms with van der Waals surface area (Å²) in [5, 5.41) is 0. The van der Waals surface area contributed by atoms with Crippen LogP contribution >= 0.6 is 19.8 Å². The number of benzene rings is 12. The van der Waals surface area contributed by atoms with Crippen molar-refractivity contribution in [1.82, 2.24) is 0 Å². The monoisotopic (exact) mass is 1410 g/mol. The van der Waals surface area contributed by atoms with E-state index in [0.29, 0.717) is 0 Å². The molecule has 0 aromatic heterocycles. The summed E-state index contributed by atoms with van der Waals surface area (Å²) in [4.78, 5) is 11.8. The first-order valence-electron chi connectivity index (χ1n) is 35.9. The first kappa shape index (κ1) is 69.2. The van der Waals surface area contributed by atoms with Gasteiger partial charge in [-0.1, -0.05) is 75.6 Å². The number of halogens is 1. The quantitative estimate of drug-likeness (QED) is 0.0328. The number of hydrogen-bond acceptors (Lipinski definition) is 5. The van der Waals surface area contributed by atoms with Crippen LogP contribution in [0.15, 0.2) is 291 Å². The molecule has 12 aromatic rings. The molecule has 0 N–H and O–H groups in total. The van der Waals surface area contributed by atoms with Crippen molar-refractivity contribution in [3.05, 3.63) is 335 Å². The van der Waals surface area contributed by atoms with Gasteiger partial charge in [-0.15, -0.1) is 0 Å². The Labute approximate surface area is 599 Å². The molecule has 5 nitrogen and oxygen atoms in total. The summed E-state index contributed by atoms with van der Waals surface area (Å²) in [7, 11) is 2.18. The predicted molar refractivity (Wildman–Crippen MR) is 439 cm³/mol. The molecule has 0 amide bonds. The number of anilines is 14. The van der Waals surface area contributed by atoms with E-state index < -0.39 is 19.8 Å². The molecule has 12 aromatic carbocycles. The van der Waals surface area contributed by atoms with Crippen LogP contribution in [0.2, 0.25) is 0 Å². The third-order valence-electron chi connectivity index (χ3n) is 18.9. The fraction of sp³-hybridized carbons (Fsp3) is 0.207. The number of aryl methyl sites for hydroxylation is 6. The molecule has 498 valence electrons. The van der Waals surface area contributed by atoms with Crippen molar-refractivity contribution in [2.24, 2.45) is 0 Å². The third kappa shape index (κ3) is 17.1. The van der Waals surface area contributed by atoms with Gasteiger partial charge in [-0.05, 0) is 80.1 Å². The molecule has 7 heteroatoms. The van der Waals surface area contributed by atoms with E-state index in [1.165, 1.54) is 95.5 Å². The molecule has 0 heterocycles. The summed E-state index contributed by atoms with van der Waals surface area (Å²) >= 11 is -1.96. The van der Waals surface area contributed by atoms with Crippen LogP contribution < -0.4 is 30.0 Å². The zero-order chi connectivity index (χ0) is 68.5. The Kier molecular flexibility index (Phi) is 23.6. The van der Waals surface area contributed by atoms with Gasteiger partial charge < -0.3 is 4.90 Å². The van der Waals surface area contributed by atoms with E-state index in [1.807, 2.05) is 6.92 Å². The van der Waals surface area contributed by atoms with Crippen molar-refractivity contribution in [1.29, 1.82) is 0 Å². The Morgan fingerprint density at radius 1 is 0.253 bits per heavy atom. The second-order valence-electron chi connectivity index (χ2n) is 26.2. The van der Waals surface area contributed by atoms with Crippen LogP contribution in [0.1, 0.15) is 112 Å². The van der Waals surface area contributed by atoms with Crippen molar-refractivity contribution in [2.45, 2.75) is 119 Å². The number of rotatable bonds is 30. The van der Waals surface area contributed by atoms with Gasteiger partial charge in [-0.3, -0.25) is 0 Å². The summed E-state index contributed by atoms with van der Waals surface area (Å²) in [5.41, 5.74) is 24.4. The maximum absolute atomic E-state index is 4.06. The van der Waals surface area contributed by atoms with E-state index in [4.69, 9.17) is 0 Å². The van der Waals surface area contributed by atoms with Crippen LogP contribution in [0.5, 0.6) is 0 Å². The van der Waals surface area contributed by atoms with Gasteiger partial charge in [0.15, 0.2) is 0 Å².